The number of carbonyl (C=O) groups is 2. The Kier molecular flexibility index (Phi) is 5.89. The van der Waals surface area contributed by atoms with E-state index in [1.165, 1.54) is 22.6 Å². The van der Waals surface area contributed by atoms with Gasteiger partial charge in [-0.15, -0.1) is 11.3 Å². The number of thiophene rings is 1. The summed E-state index contributed by atoms with van der Waals surface area (Å²) in [4.78, 5) is 26.2. The smallest absolute Gasteiger partial charge is 0.341 e. The average molecular weight is 351 g/mol. The lowest BCUT2D eigenvalue weighted by Gasteiger charge is -2.11. The number of anilines is 1. The molecule has 0 unspecified atom stereocenters. The van der Waals surface area contributed by atoms with E-state index in [4.69, 9.17) is 9.47 Å². The minimum Gasteiger partial charge on any atom is -0.462 e. The highest BCUT2D eigenvalue weighted by molar-refractivity contribution is 7.17. The molecule has 1 aromatic heterocycles. The van der Waals surface area contributed by atoms with Crippen LogP contribution in [0.25, 0.3) is 0 Å². The number of aryl methyl sites for hydroxylation is 1. The Balaban J connectivity index is 1.86. The van der Waals surface area contributed by atoms with E-state index in [9.17, 15) is 9.59 Å². The van der Waals surface area contributed by atoms with E-state index in [2.05, 4.69) is 5.32 Å². The predicted octanol–water partition coefficient (Wildman–Crippen LogP) is 3.70. The number of rotatable bonds is 5. The number of fused-ring (bicyclic) bond motifs is 1. The molecular weight excluding hydrogens is 326 g/mol. The van der Waals surface area contributed by atoms with Crippen molar-refractivity contribution in [2.24, 2.45) is 0 Å². The highest BCUT2D eigenvalue weighted by Gasteiger charge is 2.29. The third kappa shape index (κ3) is 3.81. The summed E-state index contributed by atoms with van der Waals surface area (Å²) in [6.07, 6.45) is 7.30. The van der Waals surface area contributed by atoms with Gasteiger partial charge in [-0.1, -0.05) is 13.3 Å². The lowest BCUT2D eigenvalue weighted by Crippen LogP contribution is -2.27. The summed E-state index contributed by atoms with van der Waals surface area (Å²) >= 11 is 1.54. The molecule has 0 bridgehead atoms. The van der Waals surface area contributed by atoms with Crippen LogP contribution in [-0.2, 0) is 27.1 Å². The fourth-order valence-corrected chi connectivity index (χ4v) is 4.57. The summed E-state index contributed by atoms with van der Waals surface area (Å²) < 4.78 is 10.8. The Morgan fingerprint density at radius 2 is 2.08 bits per heavy atom. The zero-order chi connectivity index (χ0) is 16.9. The molecular formula is C18H25NO4S. The lowest BCUT2D eigenvalue weighted by molar-refractivity contribution is -0.124. The van der Waals surface area contributed by atoms with Crippen LogP contribution in [0.3, 0.4) is 0 Å². The van der Waals surface area contributed by atoms with Crippen LogP contribution in [0.1, 0.15) is 66.2 Å². The van der Waals surface area contributed by atoms with Crippen molar-refractivity contribution in [3.05, 3.63) is 16.0 Å². The van der Waals surface area contributed by atoms with Gasteiger partial charge in [-0.3, -0.25) is 4.79 Å². The number of amides is 1. The van der Waals surface area contributed by atoms with Gasteiger partial charge in [0.05, 0.1) is 12.2 Å². The summed E-state index contributed by atoms with van der Waals surface area (Å²) in [6, 6.07) is 0. The van der Waals surface area contributed by atoms with Crippen LogP contribution in [0.4, 0.5) is 5.00 Å². The molecule has 1 fully saturated rings. The number of nitrogens with one attached hydrogen (secondary N) is 1. The van der Waals surface area contributed by atoms with Crippen molar-refractivity contribution < 1.29 is 19.1 Å². The molecule has 1 N–H and O–H groups in total. The third-order valence-electron chi connectivity index (χ3n) is 4.52. The van der Waals surface area contributed by atoms with Gasteiger partial charge in [0.25, 0.3) is 5.91 Å². The minimum atomic E-state index is -0.397. The molecule has 0 saturated carbocycles. The van der Waals surface area contributed by atoms with E-state index in [0.717, 1.165) is 50.5 Å². The van der Waals surface area contributed by atoms with Crippen LogP contribution in [0, 0.1) is 0 Å². The summed E-state index contributed by atoms with van der Waals surface area (Å²) in [5.74, 6) is -0.452. The first-order valence-corrected chi connectivity index (χ1v) is 9.76. The molecule has 1 aromatic rings. The lowest BCUT2D eigenvalue weighted by atomic mass is 10.1. The Labute approximate surface area is 146 Å². The van der Waals surface area contributed by atoms with Gasteiger partial charge in [-0.2, -0.15) is 0 Å². The maximum atomic E-state index is 12.6. The summed E-state index contributed by atoms with van der Waals surface area (Å²) in [7, 11) is 0. The highest BCUT2D eigenvalue weighted by Crippen LogP contribution is 2.38. The maximum Gasteiger partial charge on any atom is 0.341 e. The summed E-state index contributed by atoms with van der Waals surface area (Å²) in [6.45, 7) is 3.01. The van der Waals surface area contributed by atoms with Crippen LogP contribution >= 0.6 is 11.3 Å². The van der Waals surface area contributed by atoms with E-state index < -0.39 is 6.10 Å². The SMILES string of the molecule is CCCOC(=O)c1c(NC(=O)[C@@H]2CCCO2)sc2c1CCCCC2. The minimum absolute atomic E-state index is 0.145. The number of esters is 1. The van der Waals surface area contributed by atoms with Crippen molar-refractivity contribution >= 4 is 28.2 Å². The molecule has 132 valence electrons. The molecule has 1 amide bonds. The van der Waals surface area contributed by atoms with Crippen molar-refractivity contribution in [1.29, 1.82) is 0 Å². The first kappa shape index (κ1) is 17.4. The van der Waals surface area contributed by atoms with Crippen molar-refractivity contribution in [3.63, 3.8) is 0 Å². The molecule has 0 aromatic carbocycles. The molecule has 24 heavy (non-hydrogen) atoms. The number of hydrogen-bond donors (Lipinski definition) is 1. The average Bonchev–Trinajstić information content (AvgIpc) is 3.16. The van der Waals surface area contributed by atoms with E-state index in [1.807, 2.05) is 6.92 Å². The Morgan fingerprint density at radius 3 is 2.83 bits per heavy atom. The molecule has 1 atom stereocenters. The van der Waals surface area contributed by atoms with E-state index in [-0.39, 0.29) is 11.9 Å². The molecule has 5 nitrogen and oxygen atoms in total. The van der Waals surface area contributed by atoms with Crippen molar-refractivity contribution in [1.82, 2.24) is 0 Å². The predicted molar refractivity (Wildman–Crippen MR) is 93.8 cm³/mol. The van der Waals surface area contributed by atoms with E-state index in [0.29, 0.717) is 23.8 Å². The van der Waals surface area contributed by atoms with Gasteiger partial charge in [-0.05, 0) is 50.5 Å². The van der Waals surface area contributed by atoms with Crippen LogP contribution in [0.5, 0.6) is 0 Å². The van der Waals surface area contributed by atoms with Gasteiger partial charge in [0.1, 0.15) is 11.1 Å². The fraction of sp³-hybridized carbons (Fsp3) is 0.667. The molecule has 2 heterocycles. The maximum absolute atomic E-state index is 12.6. The van der Waals surface area contributed by atoms with Gasteiger partial charge in [0.2, 0.25) is 0 Å². The third-order valence-corrected chi connectivity index (χ3v) is 5.73. The Hall–Kier alpha value is -1.40. The van der Waals surface area contributed by atoms with E-state index in [1.54, 1.807) is 0 Å². The van der Waals surface area contributed by atoms with Crippen LogP contribution < -0.4 is 5.32 Å². The number of hydrogen-bond acceptors (Lipinski definition) is 5. The molecule has 3 rings (SSSR count). The van der Waals surface area contributed by atoms with Crippen LogP contribution in [0.15, 0.2) is 0 Å². The van der Waals surface area contributed by atoms with Gasteiger partial charge in [-0.25, -0.2) is 4.79 Å². The van der Waals surface area contributed by atoms with Crippen LogP contribution in [-0.4, -0.2) is 31.2 Å². The molecule has 1 saturated heterocycles. The van der Waals surface area contributed by atoms with Crippen molar-refractivity contribution in [2.75, 3.05) is 18.5 Å². The quantitative estimate of drug-likeness (QED) is 0.649. The number of ether oxygens (including phenoxy) is 2. The fourth-order valence-electron chi connectivity index (χ4n) is 3.29. The Bertz CT molecular complexity index is 604. The zero-order valence-electron chi connectivity index (χ0n) is 14.2. The van der Waals surface area contributed by atoms with Crippen molar-refractivity contribution in [3.8, 4) is 0 Å². The molecule has 6 heteroatoms. The Morgan fingerprint density at radius 1 is 1.25 bits per heavy atom. The summed E-state index contributed by atoms with van der Waals surface area (Å²) in [5.41, 5.74) is 1.66. The molecule has 1 aliphatic heterocycles. The topological polar surface area (TPSA) is 64.6 Å². The second kappa shape index (κ2) is 8.12. The largest absolute Gasteiger partial charge is 0.462 e. The van der Waals surface area contributed by atoms with Gasteiger partial charge >= 0.3 is 5.97 Å². The van der Waals surface area contributed by atoms with Crippen molar-refractivity contribution in [2.45, 2.75) is 64.4 Å². The molecule has 1 aliphatic carbocycles. The summed E-state index contributed by atoms with van der Waals surface area (Å²) in [5, 5.41) is 3.58. The number of carbonyl (C=O) groups excluding carboxylic acids is 2. The monoisotopic (exact) mass is 351 g/mol. The van der Waals surface area contributed by atoms with Gasteiger partial charge in [0.15, 0.2) is 0 Å². The van der Waals surface area contributed by atoms with Gasteiger partial charge < -0.3 is 14.8 Å². The van der Waals surface area contributed by atoms with Gasteiger partial charge in [0, 0.05) is 11.5 Å². The second-order valence-electron chi connectivity index (χ2n) is 6.40. The zero-order valence-corrected chi connectivity index (χ0v) is 15.0. The van der Waals surface area contributed by atoms with E-state index >= 15 is 0 Å². The highest BCUT2D eigenvalue weighted by atomic mass is 32.1. The first-order valence-electron chi connectivity index (χ1n) is 8.94. The second-order valence-corrected chi connectivity index (χ2v) is 7.50. The van der Waals surface area contributed by atoms with Crippen LogP contribution in [0.2, 0.25) is 0 Å². The molecule has 2 aliphatic rings. The molecule has 0 spiro atoms. The first-order chi connectivity index (χ1) is 11.7. The normalized spacial score (nSPS) is 20.3. The standard InChI is InChI=1S/C18H25NO4S/c1-2-10-23-18(21)15-12-7-4-3-5-9-14(12)24-17(15)19-16(20)13-8-6-11-22-13/h13H,2-11H2,1H3,(H,19,20)/t13-/m0/s1. The molecule has 0 radical (unpaired) electrons.